The van der Waals surface area contributed by atoms with E-state index in [1.54, 1.807) is 62.6 Å². The highest BCUT2D eigenvalue weighted by atomic mass is 16.5. The van der Waals surface area contributed by atoms with E-state index in [9.17, 15) is 9.59 Å². The van der Waals surface area contributed by atoms with E-state index in [0.717, 1.165) is 31.4 Å². The van der Waals surface area contributed by atoms with Gasteiger partial charge >= 0.3 is 0 Å². The Bertz CT molecular complexity index is 829. The van der Waals surface area contributed by atoms with Crippen LogP contribution in [0.25, 0.3) is 0 Å². The van der Waals surface area contributed by atoms with Crippen LogP contribution in [0.3, 0.4) is 0 Å². The third kappa shape index (κ3) is 5.98. The molecule has 0 radical (unpaired) electrons. The Labute approximate surface area is 171 Å². The lowest BCUT2D eigenvalue weighted by Gasteiger charge is -2.22. The summed E-state index contributed by atoms with van der Waals surface area (Å²) in [6, 6.07) is 14.3. The number of methoxy groups -OCH3 is 1. The predicted molar refractivity (Wildman–Crippen MR) is 112 cm³/mol. The fourth-order valence-corrected chi connectivity index (χ4v) is 3.41. The minimum absolute atomic E-state index is 0.101. The SMILES string of the molecule is COc1ccc(OC(C)C(=O)Nc2cccc(C(=O)NC3CCCCC3)c2)cc1. The van der Waals surface area contributed by atoms with Crippen molar-refractivity contribution in [1.82, 2.24) is 5.32 Å². The van der Waals surface area contributed by atoms with Crippen LogP contribution in [-0.2, 0) is 4.79 Å². The van der Waals surface area contributed by atoms with Crippen molar-refractivity contribution in [3.8, 4) is 11.5 Å². The molecule has 2 aromatic rings. The van der Waals surface area contributed by atoms with Crippen LogP contribution < -0.4 is 20.1 Å². The molecule has 1 unspecified atom stereocenters. The maximum atomic E-state index is 12.5. The second-order valence-electron chi connectivity index (χ2n) is 7.31. The van der Waals surface area contributed by atoms with E-state index in [-0.39, 0.29) is 17.9 Å². The van der Waals surface area contributed by atoms with Gasteiger partial charge in [-0.05, 0) is 62.2 Å². The molecular formula is C23H28N2O4. The van der Waals surface area contributed by atoms with Gasteiger partial charge in [0.1, 0.15) is 11.5 Å². The van der Waals surface area contributed by atoms with Gasteiger partial charge in [0.2, 0.25) is 0 Å². The molecule has 2 N–H and O–H groups in total. The van der Waals surface area contributed by atoms with E-state index < -0.39 is 6.10 Å². The van der Waals surface area contributed by atoms with Crippen LogP contribution in [0.15, 0.2) is 48.5 Å². The molecule has 0 heterocycles. The fourth-order valence-electron chi connectivity index (χ4n) is 3.41. The van der Waals surface area contributed by atoms with Gasteiger partial charge in [0, 0.05) is 17.3 Å². The molecule has 1 atom stereocenters. The minimum Gasteiger partial charge on any atom is -0.497 e. The molecule has 6 heteroatoms. The van der Waals surface area contributed by atoms with Gasteiger partial charge in [0.25, 0.3) is 11.8 Å². The highest BCUT2D eigenvalue weighted by Gasteiger charge is 2.18. The summed E-state index contributed by atoms with van der Waals surface area (Å²) in [5, 5.41) is 5.91. The molecule has 6 nitrogen and oxygen atoms in total. The van der Waals surface area contributed by atoms with Crippen LogP contribution in [0, 0.1) is 0 Å². The average Bonchev–Trinajstić information content (AvgIpc) is 2.75. The number of carbonyl (C=O) groups is 2. The normalized spacial score (nSPS) is 15.2. The Balaban J connectivity index is 1.56. The molecule has 3 rings (SSSR count). The van der Waals surface area contributed by atoms with Crippen molar-refractivity contribution in [2.75, 3.05) is 12.4 Å². The van der Waals surface area contributed by atoms with Crippen LogP contribution >= 0.6 is 0 Å². The van der Waals surface area contributed by atoms with Crippen molar-refractivity contribution in [2.45, 2.75) is 51.2 Å². The van der Waals surface area contributed by atoms with Crippen molar-refractivity contribution in [3.05, 3.63) is 54.1 Å². The first-order chi connectivity index (χ1) is 14.0. The average molecular weight is 396 g/mol. The Hall–Kier alpha value is -3.02. The van der Waals surface area contributed by atoms with Crippen LogP contribution in [0.4, 0.5) is 5.69 Å². The molecule has 1 aliphatic carbocycles. The number of anilines is 1. The molecule has 154 valence electrons. The molecule has 2 aromatic carbocycles. The van der Waals surface area contributed by atoms with E-state index >= 15 is 0 Å². The zero-order valence-corrected chi connectivity index (χ0v) is 16.9. The number of hydrogen-bond acceptors (Lipinski definition) is 4. The van der Waals surface area contributed by atoms with Gasteiger partial charge in [-0.3, -0.25) is 9.59 Å². The maximum Gasteiger partial charge on any atom is 0.265 e. The van der Waals surface area contributed by atoms with E-state index in [2.05, 4.69) is 10.6 Å². The number of carbonyl (C=O) groups excluding carboxylic acids is 2. The lowest BCUT2D eigenvalue weighted by Crippen LogP contribution is -2.36. The van der Waals surface area contributed by atoms with Crippen molar-refractivity contribution in [2.24, 2.45) is 0 Å². The van der Waals surface area contributed by atoms with Crippen LogP contribution in [-0.4, -0.2) is 31.1 Å². The standard InChI is InChI=1S/C23H28N2O4/c1-16(29-21-13-11-20(28-2)12-14-21)22(26)25-19-10-6-7-17(15-19)23(27)24-18-8-4-3-5-9-18/h6-7,10-16,18H,3-5,8-9H2,1-2H3,(H,24,27)(H,25,26). The third-order valence-corrected chi connectivity index (χ3v) is 5.07. The van der Waals surface area contributed by atoms with Crippen LogP contribution in [0.5, 0.6) is 11.5 Å². The predicted octanol–water partition coefficient (Wildman–Crippen LogP) is 4.16. The summed E-state index contributed by atoms with van der Waals surface area (Å²) < 4.78 is 10.8. The summed E-state index contributed by atoms with van der Waals surface area (Å²) in [7, 11) is 1.59. The van der Waals surface area contributed by atoms with Crippen molar-refractivity contribution in [3.63, 3.8) is 0 Å². The lowest BCUT2D eigenvalue weighted by atomic mass is 9.95. The second kappa shape index (κ2) is 9.96. The van der Waals surface area contributed by atoms with Crippen molar-refractivity contribution < 1.29 is 19.1 Å². The second-order valence-corrected chi connectivity index (χ2v) is 7.31. The Morgan fingerprint density at radius 3 is 2.38 bits per heavy atom. The molecule has 0 bridgehead atoms. The van der Waals surface area contributed by atoms with E-state index in [1.165, 1.54) is 6.42 Å². The van der Waals surface area contributed by atoms with E-state index in [4.69, 9.17) is 9.47 Å². The smallest absolute Gasteiger partial charge is 0.265 e. The number of hydrogen-bond donors (Lipinski definition) is 2. The molecule has 2 amide bonds. The summed E-state index contributed by atoms with van der Waals surface area (Å²) in [6.45, 7) is 1.68. The highest BCUT2D eigenvalue weighted by Crippen LogP contribution is 2.20. The zero-order chi connectivity index (χ0) is 20.6. The molecule has 0 aromatic heterocycles. The Morgan fingerprint density at radius 2 is 1.69 bits per heavy atom. The zero-order valence-electron chi connectivity index (χ0n) is 16.9. The molecule has 0 aliphatic heterocycles. The van der Waals surface area contributed by atoms with Gasteiger partial charge in [-0.2, -0.15) is 0 Å². The monoisotopic (exact) mass is 396 g/mol. The number of nitrogens with one attached hydrogen (secondary N) is 2. The van der Waals surface area contributed by atoms with Gasteiger partial charge in [-0.15, -0.1) is 0 Å². The quantitative estimate of drug-likeness (QED) is 0.737. The summed E-state index contributed by atoms with van der Waals surface area (Å²) in [6.07, 6.45) is 4.93. The molecule has 29 heavy (non-hydrogen) atoms. The highest BCUT2D eigenvalue weighted by molar-refractivity contribution is 5.98. The topological polar surface area (TPSA) is 76.7 Å². The number of rotatable bonds is 7. The fraction of sp³-hybridized carbons (Fsp3) is 0.391. The molecular weight excluding hydrogens is 368 g/mol. The minimum atomic E-state index is -0.692. The molecule has 1 saturated carbocycles. The van der Waals surface area contributed by atoms with Gasteiger partial charge in [-0.25, -0.2) is 0 Å². The molecule has 1 aliphatic rings. The number of benzene rings is 2. The maximum absolute atomic E-state index is 12.5. The summed E-state index contributed by atoms with van der Waals surface area (Å²) in [5.74, 6) is 0.910. The first-order valence-electron chi connectivity index (χ1n) is 10.1. The summed E-state index contributed by atoms with van der Waals surface area (Å²) >= 11 is 0. The number of amides is 2. The van der Waals surface area contributed by atoms with Gasteiger partial charge in [0.05, 0.1) is 7.11 Å². The third-order valence-electron chi connectivity index (χ3n) is 5.07. The van der Waals surface area contributed by atoms with E-state index in [1.807, 2.05) is 0 Å². The largest absolute Gasteiger partial charge is 0.497 e. The van der Waals surface area contributed by atoms with Gasteiger partial charge in [0.15, 0.2) is 6.10 Å². The summed E-state index contributed by atoms with van der Waals surface area (Å²) in [5.41, 5.74) is 1.11. The van der Waals surface area contributed by atoms with Gasteiger partial charge < -0.3 is 20.1 Å². The molecule has 1 fully saturated rings. The Kier molecular flexibility index (Phi) is 7.11. The first-order valence-corrected chi connectivity index (χ1v) is 10.1. The summed E-state index contributed by atoms with van der Waals surface area (Å²) in [4.78, 5) is 25.0. The Morgan fingerprint density at radius 1 is 1.00 bits per heavy atom. The van der Waals surface area contributed by atoms with Gasteiger partial charge in [-0.1, -0.05) is 25.3 Å². The van der Waals surface area contributed by atoms with Crippen molar-refractivity contribution in [1.29, 1.82) is 0 Å². The number of ether oxygens (including phenoxy) is 2. The van der Waals surface area contributed by atoms with Crippen LogP contribution in [0.2, 0.25) is 0 Å². The first kappa shape index (κ1) is 20.7. The van der Waals surface area contributed by atoms with Crippen LogP contribution in [0.1, 0.15) is 49.4 Å². The van der Waals surface area contributed by atoms with Crippen molar-refractivity contribution >= 4 is 17.5 Å². The van der Waals surface area contributed by atoms with E-state index in [0.29, 0.717) is 17.0 Å². The molecule has 0 saturated heterocycles. The lowest BCUT2D eigenvalue weighted by molar-refractivity contribution is -0.122. The molecule has 0 spiro atoms.